The average Bonchev–Trinajstić information content (AvgIpc) is 3.32. The number of para-hydroxylation sites is 1. The van der Waals surface area contributed by atoms with E-state index in [0.717, 1.165) is 28.3 Å². The molecule has 0 saturated heterocycles. The summed E-state index contributed by atoms with van der Waals surface area (Å²) in [7, 11) is 1.59. The molecule has 3 N–H and O–H groups in total. The van der Waals surface area contributed by atoms with E-state index in [0.29, 0.717) is 12.1 Å². The third kappa shape index (κ3) is 5.56. The molecular weight excluding hydrogens is 417 g/mol. The highest BCUT2D eigenvalue weighted by Crippen LogP contribution is 2.55. The van der Waals surface area contributed by atoms with Crippen molar-refractivity contribution in [3.05, 3.63) is 59.7 Å². The van der Waals surface area contributed by atoms with Crippen LogP contribution in [-0.2, 0) is 6.54 Å². The zero-order valence-electron chi connectivity index (χ0n) is 15.3. The molecule has 28 heavy (non-hydrogen) atoms. The van der Waals surface area contributed by atoms with Gasteiger partial charge in [0.15, 0.2) is 0 Å². The molecular formula is C20H21Cl2N3O2S. The molecule has 2 aromatic carbocycles. The smallest absolute Gasteiger partial charge is 0.319 e. The molecule has 3 rings (SSSR count). The minimum absolute atomic E-state index is 0.141. The third-order valence-electron chi connectivity index (χ3n) is 4.43. The van der Waals surface area contributed by atoms with Gasteiger partial charge in [-0.15, -0.1) is 35.0 Å². The van der Waals surface area contributed by atoms with Crippen molar-refractivity contribution in [3.8, 4) is 0 Å². The van der Waals surface area contributed by atoms with Gasteiger partial charge in [-0.05, 0) is 36.2 Å². The van der Waals surface area contributed by atoms with Gasteiger partial charge in [-0.25, -0.2) is 4.79 Å². The summed E-state index contributed by atoms with van der Waals surface area (Å²) >= 11 is 13.8. The number of thioether (sulfide) groups is 1. The standard InChI is InChI=1S/C20H21Cl2N3O2S/c1-23-18(26)14-8-6-13(7-9-14)11-24-19(27)25-16-4-2-3-5-17(16)28-12-15-10-20(15,21)22/h2-9,15H,10-12H2,1H3,(H,23,26)(H2,24,25,27). The molecule has 0 aromatic heterocycles. The number of anilines is 1. The second-order valence-corrected chi connectivity index (χ2v) is 9.16. The number of carbonyl (C=O) groups is 2. The number of halogens is 2. The molecule has 1 unspecified atom stereocenters. The Morgan fingerprint density at radius 2 is 1.82 bits per heavy atom. The number of hydrogen-bond donors (Lipinski definition) is 3. The van der Waals surface area contributed by atoms with Crippen LogP contribution in [0.2, 0.25) is 0 Å². The molecule has 1 aliphatic rings. The van der Waals surface area contributed by atoms with Crippen molar-refractivity contribution in [2.24, 2.45) is 5.92 Å². The molecule has 8 heteroatoms. The van der Waals surface area contributed by atoms with Crippen molar-refractivity contribution in [2.75, 3.05) is 18.1 Å². The summed E-state index contributed by atoms with van der Waals surface area (Å²) < 4.78 is -0.597. The van der Waals surface area contributed by atoms with Gasteiger partial charge in [-0.2, -0.15) is 0 Å². The normalized spacial score (nSPS) is 16.9. The second kappa shape index (κ2) is 9.07. The minimum atomic E-state index is -0.597. The van der Waals surface area contributed by atoms with E-state index in [1.807, 2.05) is 36.4 Å². The van der Waals surface area contributed by atoms with Crippen molar-refractivity contribution in [3.63, 3.8) is 0 Å². The summed E-state index contributed by atoms with van der Waals surface area (Å²) in [5.74, 6) is 0.948. The van der Waals surface area contributed by atoms with Gasteiger partial charge in [0.05, 0.1) is 5.69 Å². The summed E-state index contributed by atoms with van der Waals surface area (Å²) in [6.07, 6.45) is 0.803. The van der Waals surface area contributed by atoms with Crippen LogP contribution < -0.4 is 16.0 Å². The molecule has 0 heterocycles. The lowest BCUT2D eigenvalue weighted by Crippen LogP contribution is -2.28. The van der Waals surface area contributed by atoms with E-state index in [9.17, 15) is 9.59 Å². The van der Waals surface area contributed by atoms with Crippen molar-refractivity contribution in [1.29, 1.82) is 0 Å². The van der Waals surface area contributed by atoms with Gasteiger partial charge in [0.25, 0.3) is 5.91 Å². The van der Waals surface area contributed by atoms with Crippen molar-refractivity contribution < 1.29 is 9.59 Å². The van der Waals surface area contributed by atoms with Gasteiger partial charge >= 0.3 is 6.03 Å². The van der Waals surface area contributed by atoms with E-state index in [4.69, 9.17) is 23.2 Å². The Kier molecular flexibility index (Phi) is 6.75. The van der Waals surface area contributed by atoms with E-state index in [1.165, 1.54) is 0 Å². The first-order valence-electron chi connectivity index (χ1n) is 8.84. The van der Waals surface area contributed by atoms with Crippen LogP contribution in [0.15, 0.2) is 53.4 Å². The third-order valence-corrected chi connectivity index (χ3v) is 6.59. The molecule has 0 bridgehead atoms. The van der Waals surface area contributed by atoms with Gasteiger partial charge in [-0.1, -0.05) is 24.3 Å². The Labute approximate surface area is 178 Å². The first-order valence-corrected chi connectivity index (χ1v) is 10.6. The van der Waals surface area contributed by atoms with Crippen LogP contribution in [0.5, 0.6) is 0 Å². The fraction of sp³-hybridized carbons (Fsp3) is 0.300. The van der Waals surface area contributed by atoms with Crippen LogP contribution >= 0.6 is 35.0 Å². The van der Waals surface area contributed by atoms with Crippen LogP contribution in [0.25, 0.3) is 0 Å². The number of benzene rings is 2. The fourth-order valence-electron chi connectivity index (χ4n) is 2.60. The minimum Gasteiger partial charge on any atom is -0.355 e. The van der Waals surface area contributed by atoms with Crippen LogP contribution in [0.4, 0.5) is 10.5 Å². The summed E-state index contributed by atoms with van der Waals surface area (Å²) in [4.78, 5) is 24.8. The van der Waals surface area contributed by atoms with Crippen LogP contribution in [0, 0.1) is 5.92 Å². The SMILES string of the molecule is CNC(=O)c1ccc(CNC(=O)Nc2ccccc2SCC2CC2(Cl)Cl)cc1. The Bertz CT molecular complexity index is 859. The maximum Gasteiger partial charge on any atom is 0.319 e. The molecule has 0 radical (unpaired) electrons. The van der Waals surface area contributed by atoms with Gasteiger partial charge < -0.3 is 16.0 Å². The number of carbonyl (C=O) groups excluding carboxylic acids is 2. The molecule has 1 aliphatic carbocycles. The quantitative estimate of drug-likeness (QED) is 0.435. The monoisotopic (exact) mass is 437 g/mol. The molecule has 2 aromatic rings. The Morgan fingerprint density at radius 3 is 2.46 bits per heavy atom. The molecule has 1 fully saturated rings. The highest BCUT2D eigenvalue weighted by Gasteiger charge is 2.51. The van der Waals surface area contributed by atoms with E-state index < -0.39 is 4.33 Å². The predicted octanol–water partition coefficient (Wildman–Crippen LogP) is 4.65. The number of hydrogen-bond acceptors (Lipinski definition) is 3. The van der Waals surface area contributed by atoms with E-state index >= 15 is 0 Å². The fourth-order valence-corrected chi connectivity index (χ4v) is 4.55. The molecule has 5 nitrogen and oxygen atoms in total. The van der Waals surface area contributed by atoms with E-state index in [1.54, 1.807) is 30.9 Å². The maximum absolute atomic E-state index is 12.3. The number of amides is 3. The molecule has 148 valence electrons. The summed E-state index contributed by atoms with van der Waals surface area (Å²) in [5.41, 5.74) is 2.23. The van der Waals surface area contributed by atoms with Gasteiger partial charge in [0.2, 0.25) is 0 Å². The lowest BCUT2D eigenvalue weighted by Gasteiger charge is -2.12. The Balaban J connectivity index is 1.51. The van der Waals surface area contributed by atoms with Gasteiger partial charge in [0, 0.05) is 35.7 Å². The second-order valence-electron chi connectivity index (χ2n) is 6.55. The van der Waals surface area contributed by atoms with E-state index in [-0.39, 0.29) is 17.9 Å². The number of alkyl halides is 2. The number of urea groups is 1. The summed E-state index contributed by atoms with van der Waals surface area (Å²) in [6, 6.07) is 14.4. The topological polar surface area (TPSA) is 70.2 Å². The van der Waals surface area contributed by atoms with Crippen molar-refractivity contribution in [1.82, 2.24) is 10.6 Å². The van der Waals surface area contributed by atoms with Crippen molar-refractivity contribution >= 4 is 52.6 Å². The Morgan fingerprint density at radius 1 is 1.14 bits per heavy atom. The lowest BCUT2D eigenvalue weighted by atomic mass is 10.1. The molecule has 0 spiro atoms. The predicted molar refractivity (Wildman–Crippen MR) is 115 cm³/mol. The number of rotatable bonds is 7. The highest BCUT2D eigenvalue weighted by molar-refractivity contribution is 7.99. The first kappa shape index (κ1) is 20.8. The molecule has 3 amide bonds. The van der Waals surface area contributed by atoms with Crippen LogP contribution in [0.1, 0.15) is 22.3 Å². The molecule has 0 aliphatic heterocycles. The molecule has 1 saturated carbocycles. The van der Waals surface area contributed by atoms with Crippen molar-refractivity contribution in [2.45, 2.75) is 22.2 Å². The van der Waals surface area contributed by atoms with Crippen LogP contribution in [-0.4, -0.2) is 29.1 Å². The van der Waals surface area contributed by atoms with E-state index in [2.05, 4.69) is 16.0 Å². The first-order chi connectivity index (χ1) is 13.4. The molecule has 1 atom stereocenters. The van der Waals surface area contributed by atoms with Gasteiger partial charge in [0.1, 0.15) is 4.33 Å². The average molecular weight is 438 g/mol. The zero-order valence-corrected chi connectivity index (χ0v) is 17.6. The Hall–Kier alpha value is -1.89. The largest absolute Gasteiger partial charge is 0.355 e. The number of nitrogens with one attached hydrogen (secondary N) is 3. The highest BCUT2D eigenvalue weighted by atomic mass is 35.5. The van der Waals surface area contributed by atoms with Gasteiger partial charge in [-0.3, -0.25) is 4.79 Å². The van der Waals surface area contributed by atoms with Crippen LogP contribution in [0.3, 0.4) is 0 Å². The lowest BCUT2D eigenvalue weighted by molar-refractivity contribution is 0.0963. The summed E-state index contributed by atoms with van der Waals surface area (Å²) in [6.45, 7) is 0.359. The maximum atomic E-state index is 12.3. The zero-order chi connectivity index (χ0) is 20.1. The summed E-state index contributed by atoms with van der Waals surface area (Å²) in [5, 5.41) is 8.28.